The molecule has 1 aromatic carbocycles. The number of hydrogen-bond donors (Lipinski definition) is 1. The van der Waals surface area contributed by atoms with Gasteiger partial charge in [-0.1, -0.05) is 17.7 Å². The Morgan fingerprint density at radius 3 is 2.65 bits per heavy atom. The molecule has 1 N–H and O–H groups in total. The van der Waals surface area contributed by atoms with Crippen LogP contribution in [0, 0.1) is 27.4 Å². The van der Waals surface area contributed by atoms with Crippen molar-refractivity contribution >= 4 is 23.3 Å². The van der Waals surface area contributed by atoms with E-state index in [1.165, 1.54) is 6.07 Å². The maximum absolute atomic E-state index is 11.6. The molecule has 2 aliphatic carbocycles. The maximum atomic E-state index is 11.6. The van der Waals surface area contributed by atoms with E-state index in [2.05, 4.69) is 0 Å². The number of carboxylic acids is 1. The van der Waals surface area contributed by atoms with Crippen LogP contribution in [0.25, 0.3) is 0 Å². The van der Waals surface area contributed by atoms with Crippen LogP contribution >= 0.6 is 11.6 Å². The van der Waals surface area contributed by atoms with Crippen molar-refractivity contribution in [3.05, 3.63) is 38.9 Å². The molecule has 2 aliphatic rings. The molecule has 0 spiro atoms. The first kappa shape index (κ1) is 13.4. The summed E-state index contributed by atoms with van der Waals surface area (Å²) in [5, 5.41) is 20.9. The lowest BCUT2D eigenvalue weighted by molar-refractivity contribution is -0.385. The number of hydrogen-bond acceptors (Lipinski definition) is 3. The van der Waals surface area contributed by atoms with E-state index in [-0.39, 0.29) is 12.1 Å². The quantitative estimate of drug-likeness (QED) is 0.682. The number of nitro groups is 1. The average molecular weight is 296 g/mol. The largest absolute Gasteiger partial charge is 0.481 e. The molecule has 0 bridgehead atoms. The molecule has 0 amide bonds. The third-order valence-corrected chi connectivity index (χ3v) is 4.84. The van der Waals surface area contributed by atoms with Crippen LogP contribution in [0.3, 0.4) is 0 Å². The predicted octanol–water partition coefficient (Wildman–Crippen LogP) is 3.29. The van der Waals surface area contributed by atoms with E-state index in [4.69, 9.17) is 11.6 Å². The van der Waals surface area contributed by atoms with E-state index in [1.807, 2.05) is 0 Å². The monoisotopic (exact) mass is 295 g/mol. The number of benzene rings is 1. The second-order valence-corrected chi connectivity index (χ2v) is 6.39. The number of halogens is 1. The highest BCUT2D eigenvalue weighted by molar-refractivity contribution is 6.30. The van der Waals surface area contributed by atoms with E-state index in [0.29, 0.717) is 35.3 Å². The van der Waals surface area contributed by atoms with Crippen LogP contribution in [-0.4, -0.2) is 16.0 Å². The second-order valence-electron chi connectivity index (χ2n) is 5.96. The molecule has 106 valence electrons. The predicted molar refractivity (Wildman–Crippen MR) is 72.7 cm³/mol. The van der Waals surface area contributed by atoms with E-state index in [9.17, 15) is 20.0 Å². The van der Waals surface area contributed by atoms with E-state index >= 15 is 0 Å². The number of nitrogens with zero attached hydrogens (tertiary/aromatic N) is 1. The molecule has 1 aromatic rings. The summed E-state index contributed by atoms with van der Waals surface area (Å²) in [6.07, 6.45) is 2.58. The summed E-state index contributed by atoms with van der Waals surface area (Å²) >= 11 is 5.78. The van der Waals surface area contributed by atoms with Crippen LogP contribution in [-0.2, 0) is 11.2 Å². The summed E-state index contributed by atoms with van der Waals surface area (Å²) in [7, 11) is 0. The highest BCUT2D eigenvalue weighted by atomic mass is 35.5. The average Bonchev–Trinajstić information content (AvgIpc) is 2.99. The molecule has 0 heterocycles. The van der Waals surface area contributed by atoms with Crippen LogP contribution in [0.4, 0.5) is 5.69 Å². The number of fused-ring (bicyclic) bond motifs is 1. The van der Waals surface area contributed by atoms with Gasteiger partial charge in [-0.2, -0.15) is 0 Å². The zero-order valence-electron chi connectivity index (χ0n) is 10.7. The Morgan fingerprint density at radius 1 is 1.45 bits per heavy atom. The van der Waals surface area contributed by atoms with Crippen molar-refractivity contribution in [3.63, 3.8) is 0 Å². The van der Waals surface area contributed by atoms with Crippen LogP contribution in [0.1, 0.15) is 24.8 Å². The van der Waals surface area contributed by atoms with Gasteiger partial charge in [0.1, 0.15) is 0 Å². The summed E-state index contributed by atoms with van der Waals surface area (Å²) in [5.41, 5.74) is -0.464. The Hall–Kier alpha value is -1.62. The lowest BCUT2D eigenvalue weighted by Gasteiger charge is -2.25. The minimum absolute atomic E-state index is 0.0845. The van der Waals surface area contributed by atoms with Gasteiger partial charge < -0.3 is 5.11 Å². The Morgan fingerprint density at radius 2 is 2.10 bits per heavy atom. The topological polar surface area (TPSA) is 80.4 Å². The Labute approximate surface area is 120 Å². The molecule has 0 aromatic heterocycles. The fraction of sp³-hybridized carbons (Fsp3) is 0.500. The van der Waals surface area contributed by atoms with Gasteiger partial charge in [-0.25, -0.2) is 0 Å². The molecule has 0 aliphatic heterocycles. The maximum Gasteiger partial charge on any atom is 0.309 e. The Kier molecular flexibility index (Phi) is 2.97. The van der Waals surface area contributed by atoms with E-state index < -0.39 is 16.3 Å². The smallest absolute Gasteiger partial charge is 0.309 e. The second kappa shape index (κ2) is 4.45. The lowest BCUT2D eigenvalue weighted by atomic mass is 9.77. The van der Waals surface area contributed by atoms with Gasteiger partial charge >= 0.3 is 5.97 Å². The van der Waals surface area contributed by atoms with Crippen molar-refractivity contribution in [2.24, 2.45) is 17.3 Å². The highest BCUT2D eigenvalue weighted by Gasteiger charge is 2.57. The van der Waals surface area contributed by atoms with Crippen LogP contribution in [0.15, 0.2) is 18.2 Å². The number of carboxylic acid groups (broad SMARTS) is 1. The third kappa shape index (κ3) is 2.16. The summed E-state index contributed by atoms with van der Waals surface area (Å²) in [6.45, 7) is 0. The van der Waals surface area contributed by atoms with E-state index in [0.717, 1.165) is 6.42 Å². The van der Waals surface area contributed by atoms with Crippen LogP contribution in [0.2, 0.25) is 5.02 Å². The highest BCUT2D eigenvalue weighted by Crippen LogP contribution is 2.61. The molecular formula is C14H14ClNO4. The zero-order chi connectivity index (χ0) is 14.5. The SMILES string of the molecule is O=C(O)C1(Cc2ccc(Cl)cc2[N+](=O)[O-])CC2CC2C1. The molecule has 2 saturated carbocycles. The van der Waals surface area contributed by atoms with Crippen molar-refractivity contribution in [2.75, 3.05) is 0 Å². The molecule has 5 nitrogen and oxygen atoms in total. The van der Waals surface area contributed by atoms with Gasteiger partial charge in [0.2, 0.25) is 0 Å². The van der Waals surface area contributed by atoms with Crippen molar-refractivity contribution in [3.8, 4) is 0 Å². The summed E-state index contributed by atoms with van der Waals surface area (Å²) < 4.78 is 0. The van der Waals surface area contributed by atoms with Gasteiger partial charge in [-0.15, -0.1) is 0 Å². The molecule has 2 atom stereocenters. The Bertz CT molecular complexity index is 591. The van der Waals surface area contributed by atoms with Crippen molar-refractivity contribution in [1.82, 2.24) is 0 Å². The molecule has 0 saturated heterocycles. The lowest BCUT2D eigenvalue weighted by Crippen LogP contribution is -2.32. The minimum Gasteiger partial charge on any atom is -0.481 e. The fourth-order valence-corrected chi connectivity index (χ4v) is 3.68. The van der Waals surface area contributed by atoms with Gasteiger partial charge in [0.05, 0.1) is 10.3 Å². The van der Waals surface area contributed by atoms with Gasteiger partial charge in [0.25, 0.3) is 5.69 Å². The zero-order valence-corrected chi connectivity index (χ0v) is 11.5. The molecule has 0 radical (unpaired) electrons. The standard InChI is InChI=1S/C14H14ClNO4/c15-11-2-1-8(12(4-11)16(19)20)5-14(13(17)18)6-9-3-10(9)7-14/h1-2,4,9-10H,3,5-7H2,(H,17,18). The molecule has 6 heteroatoms. The Balaban J connectivity index is 1.93. The number of carbonyl (C=O) groups is 1. The van der Waals surface area contributed by atoms with Crippen molar-refractivity contribution < 1.29 is 14.8 Å². The van der Waals surface area contributed by atoms with Gasteiger partial charge in [-0.3, -0.25) is 14.9 Å². The summed E-state index contributed by atoms with van der Waals surface area (Å²) in [4.78, 5) is 22.2. The minimum atomic E-state index is -0.841. The van der Waals surface area contributed by atoms with Gasteiger partial charge in [0, 0.05) is 16.7 Å². The van der Waals surface area contributed by atoms with Crippen LogP contribution < -0.4 is 0 Å². The number of rotatable bonds is 4. The number of nitro benzene ring substituents is 1. The van der Waals surface area contributed by atoms with Crippen LogP contribution in [0.5, 0.6) is 0 Å². The summed E-state index contributed by atoms with van der Waals surface area (Å²) in [6, 6.07) is 4.45. The first-order valence-corrected chi connectivity index (χ1v) is 6.95. The first-order valence-electron chi connectivity index (χ1n) is 6.57. The van der Waals surface area contributed by atoms with Gasteiger partial charge in [-0.05, 0) is 43.6 Å². The van der Waals surface area contributed by atoms with Crippen molar-refractivity contribution in [1.29, 1.82) is 0 Å². The fourth-order valence-electron chi connectivity index (χ4n) is 3.51. The van der Waals surface area contributed by atoms with E-state index in [1.54, 1.807) is 12.1 Å². The summed E-state index contributed by atoms with van der Waals surface area (Å²) in [5.74, 6) is 0.156. The number of aliphatic carboxylic acids is 1. The molecule has 2 fully saturated rings. The molecule has 2 unspecified atom stereocenters. The third-order valence-electron chi connectivity index (χ3n) is 4.60. The van der Waals surface area contributed by atoms with Crippen molar-refractivity contribution in [2.45, 2.75) is 25.7 Å². The molecule has 20 heavy (non-hydrogen) atoms. The molecule has 3 rings (SSSR count). The van der Waals surface area contributed by atoms with Gasteiger partial charge in [0.15, 0.2) is 0 Å². The first-order chi connectivity index (χ1) is 9.41. The normalized spacial score (nSPS) is 30.9. The molecular weight excluding hydrogens is 282 g/mol.